The molecule has 1 aromatic heterocycles. The monoisotopic (exact) mass is 553 g/mol. The Morgan fingerprint density at radius 2 is 1.49 bits per heavy atom. The standard InChI is InChI=1S/C30H36ClN3O5/c1-18(2)19-9-12-22(13-10-19)34(27(35)20-11-14-25(31)33-17-20)30(28(32)36,29(3,4)5)21-15-23(37-6)26(39-8)24(16-21)38-7/h9-18H,1-8H3,(H2,32,36). The second-order valence-electron chi connectivity index (χ2n) is 10.5. The molecule has 3 aromatic rings. The highest BCUT2D eigenvalue weighted by molar-refractivity contribution is 6.29. The molecule has 0 bridgehead atoms. The van der Waals surface area contributed by atoms with Crippen LogP contribution in [0.2, 0.25) is 5.15 Å². The minimum atomic E-state index is -1.73. The Morgan fingerprint density at radius 1 is 0.923 bits per heavy atom. The highest BCUT2D eigenvalue weighted by Gasteiger charge is 2.56. The van der Waals surface area contributed by atoms with Crippen molar-refractivity contribution in [3.05, 3.63) is 76.6 Å². The average Bonchev–Trinajstić information content (AvgIpc) is 2.89. The lowest BCUT2D eigenvalue weighted by Crippen LogP contribution is -2.64. The van der Waals surface area contributed by atoms with Crippen molar-refractivity contribution in [2.75, 3.05) is 26.2 Å². The number of primary amides is 1. The van der Waals surface area contributed by atoms with Crippen LogP contribution in [0, 0.1) is 5.41 Å². The molecule has 2 N–H and O–H groups in total. The fourth-order valence-corrected chi connectivity index (χ4v) is 5.02. The summed E-state index contributed by atoms with van der Waals surface area (Å²) in [7, 11) is 4.46. The zero-order valence-corrected chi connectivity index (χ0v) is 24.4. The summed E-state index contributed by atoms with van der Waals surface area (Å²) in [6.45, 7) is 9.71. The van der Waals surface area contributed by atoms with Crippen LogP contribution in [0.15, 0.2) is 54.7 Å². The van der Waals surface area contributed by atoms with E-state index in [-0.39, 0.29) is 16.6 Å². The fourth-order valence-electron chi connectivity index (χ4n) is 4.91. The van der Waals surface area contributed by atoms with Gasteiger partial charge in [0.15, 0.2) is 17.0 Å². The van der Waals surface area contributed by atoms with Crippen molar-refractivity contribution in [2.24, 2.45) is 11.1 Å². The summed E-state index contributed by atoms with van der Waals surface area (Å²) in [5, 5.41) is 0.237. The Morgan fingerprint density at radius 3 is 1.87 bits per heavy atom. The SMILES string of the molecule is COc1cc(C(C(N)=O)(N(C(=O)c2ccc(Cl)nc2)c2ccc(C(C)C)cc2)C(C)(C)C)cc(OC)c1OC. The second-order valence-corrected chi connectivity index (χ2v) is 10.9. The first kappa shape index (κ1) is 29.8. The number of pyridine rings is 1. The van der Waals surface area contributed by atoms with E-state index in [1.807, 2.05) is 45.0 Å². The third kappa shape index (κ3) is 5.39. The molecule has 0 aliphatic heterocycles. The van der Waals surface area contributed by atoms with Crippen molar-refractivity contribution in [1.29, 1.82) is 0 Å². The zero-order valence-electron chi connectivity index (χ0n) is 23.7. The number of aromatic nitrogens is 1. The van der Waals surface area contributed by atoms with E-state index in [2.05, 4.69) is 18.8 Å². The van der Waals surface area contributed by atoms with Gasteiger partial charge in [0.1, 0.15) is 5.15 Å². The molecule has 8 nitrogen and oxygen atoms in total. The van der Waals surface area contributed by atoms with Gasteiger partial charge in [-0.1, -0.05) is 58.4 Å². The minimum absolute atomic E-state index is 0.231. The van der Waals surface area contributed by atoms with Crippen LogP contribution in [-0.2, 0) is 10.3 Å². The molecule has 208 valence electrons. The molecule has 0 fully saturated rings. The van der Waals surface area contributed by atoms with Crippen LogP contribution in [0.1, 0.15) is 62.0 Å². The number of carbonyl (C=O) groups is 2. The van der Waals surface area contributed by atoms with Crippen LogP contribution in [0.25, 0.3) is 0 Å². The number of hydrogen-bond acceptors (Lipinski definition) is 6. The highest BCUT2D eigenvalue weighted by Crippen LogP contribution is 2.51. The van der Waals surface area contributed by atoms with E-state index in [4.69, 9.17) is 31.5 Å². The van der Waals surface area contributed by atoms with E-state index in [1.54, 1.807) is 18.2 Å². The van der Waals surface area contributed by atoms with Gasteiger partial charge in [-0.25, -0.2) is 4.98 Å². The smallest absolute Gasteiger partial charge is 0.261 e. The number of carbonyl (C=O) groups excluding carboxylic acids is 2. The van der Waals surface area contributed by atoms with Gasteiger partial charge in [0, 0.05) is 11.9 Å². The molecule has 0 saturated heterocycles. The van der Waals surface area contributed by atoms with Crippen LogP contribution in [-0.4, -0.2) is 38.1 Å². The summed E-state index contributed by atoms with van der Waals surface area (Å²) in [4.78, 5) is 33.8. The van der Waals surface area contributed by atoms with E-state index >= 15 is 0 Å². The van der Waals surface area contributed by atoms with Crippen molar-refractivity contribution in [2.45, 2.75) is 46.1 Å². The Kier molecular flexibility index (Phi) is 8.80. The lowest BCUT2D eigenvalue weighted by Gasteiger charge is -2.50. The molecule has 1 unspecified atom stereocenters. The second kappa shape index (κ2) is 11.5. The number of rotatable bonds is 9. The van der Waals surface area contributed by atoms with Crippen molar-refractivity contribution in [3.63, 3.8) is 0 Å². The summed E-state index contributed by atoms with van der Waals surface area (Å²) in [5.74, 6) is 0.0145. The number of nitrogens with zero attached hydrogens (tertiary/aromatic N) is 2. The van der Waals surface area contributed by atoms with E-state index < -0.39 is 22.8 Å². The molecule has 0 saturated carbocycles. The van der Waals surface area contributed by atoms with Crippen molar-refractivity contribution in [3.8, 4) is 17.2 Å². The maximum Gasteiger partial charge on any atom is 0.261 e. The van der Waals surface area contributed by atoms with E-state index in [9.17, 15) is 9.59 Å². The van der Waals surface area contributed by atoms with Crippen molar-refractivity contribution in [1.82, 2.24) is 4.98 Å². The van der Waals surface area contributed by atoms with Gasteiger partial charge in [0.05, 0.1) is 26.9 Å². The number of methoxy groups -OCH3 is 3. The third-order valence-corrected chi connectivity index (χ3v) is 7.08. The van der Waals surface area contributed by atoms with E-state index in [0.29, 0.717) is 28.5 Å². The topological polar surface area (TPSA) is 104 Å². The Bertz CT molecular complexity index is 1310. The Hall–Kier alpha value is -3.78. The molecule has 0 spiro atoms. The average molecular weight is 554 g/mol. The van der Waals surface area contributed by atoms with E-state index in [1.165, 1.54) is 38.5 Å². The van der Waals surface area contributed by atoms with Gasteiger partial charge >= 0.3 is 0 Å². The number of hydrogen-bond donors (Lipinski definition) is 1. The largest absolute Gasteiger partial charge is 0.493 e. The van der Waals surface area contributed by atoms with Gasteiger partial charge in [-0.2, -0.15) is 0 Å². The quantitative estimate of drug-likeness (QED) is 0.328. The maximum atomic E-state index is 14.4. The third-order valence-electron chi connectivity index (χ3n) is 6.86. The first-order chi connectivity index (χ1) is 18.3. The number of amides is 2. The normalized spacial score (nSPS) is 13.0. The molecule has 3 rings (SSSR count). The lowest BCUT2D eigenvalue weighted by atomic mass is 9.66. The number of benzene rings is 2. The highest BCUT2D eigenvalue weighted by atomic mass is 35.5. The lowest BCUT2D eigenvalue weighted by molar-refractivity contribution is -0.127. The fraction of sp³-hybridized carbons (Fsp3) is 0.367. The van der Waals surface area contributed by atoms with Crippen LogP contribution < -0.4 is 24.8 Å². The number of nitrogens with two attached hydrogens (primary N) is 1. The Balaban J connectivity index is 2.48. The molecule has 39 heavy (non-hydrogen) atoms. The van der Waals surface area contributed by atoms with Gasteiger partial charge < -0.3 is 19.9 Å². The molecule has 1 heterocycles. The molecule has 9 heteroatoms. The minimum Gasteiger partial charge on any atom is -0.493 e. The first-order valence-corrected chi connectivity index (χ1v) is 12.9. The molecule has 0 radical (unpaired) electrons. The Labute approximate surface area is 235 Å². The number of halogens is 1. The predicted molar refractivity (Wildman–Crippen MR) is 153 cm³/mol. The number of anilines is 1. The molecular weight excluding hydrogens is 518 g/mol. The molecule has 2 amide bonds. The van der Waals surface area contributed by atoms with E-state index in [0.717, 1.165) is 5.56 Å². The van der Waals surface area contributed by atoms with Gasteiger partial charge in [0.2, 0.25) is 11.7 Å². The van der Waals surface area contributed by atoms with Crippen LogP contribution in [0.4, 0.5) is 5.69 Å². The molecule has 0 aliphatic carbocycles. The first-order valence-electron chi connectivity index (χ1n) is 12.5. The molecular formula is C30H36ClN3O5. The molecule has 2 aromatic carbocycles. The van der Waals surface area contributed by atoms with Gasteiger partial charge in [0.25, 0.3) is 5.91 Å². The van der Waals surface area contributed by atoms with Crippen LogP contribution in [0.5, 0.6) is 17.2 Å². The van der Waals surface area contributed by atoms with Gasteiger partial charge in [-0.05, 0) is 58.9 Å². The van der Waals surface area contributed by atoms with Gasteiger partial charge in [-0.15, -0.1) is 0 Å². The summed E-state index contributed by atoms with van der Waals surface area (Å²) in [5.41, 5.74) is 5.83. The predicted octanol–water partition coefficient (Wildman–Crippen LogP) is 5.96. The molecule has 1 atom stereocenters. The zero-order chi connectivity index (χ0) is 29.1. The summed E-state index contributed by atoms with van der Waals surface area (Å²) < 4.78 is 16.7. The molecule has 0 aliphatic rings. The maximum absolute atomic E-state index is 14.4. The van der Waals surface area contributed by atoms with Gasteiger partial charge in [-0.3, -0.25) is 14.5 Å². The summed E-state index contributed by atoms with van der Waals surface area (Å²) >= 11 is 6.01. The van der Waals surface area contributed by atoms with Crippen LogP contribution in [0.3, 0.4) is 0 Å². The summed E-state index contributed by atoms with van der Waals surface area (Å²) in [6.07, 6.45) is 1.38. The van der Waals surface area contributed by atoms with Crippen LogP contribution >= 0.6 is 11.6 Å². The number of ether oxygens (including phenoxy) is 3. The summed E-state index contributed by atoms with van der Waals surface area (Å²) in [6, 6.07) is 13.9. The van der Waals surface area contributed by atoms with Crippen molar-refractivity contribution < 1.29 is 23.8 Å². The van der Waals surface area contributed by atoms with Crippen molar-refractivity contribution >= 4 is 29.1 Å².